The second-order valence-corrected chi connectivity index (χ2v) is 1.64. The molecule has 0 fully saturated rings. The van der Waals surface area contributed by atoms with Crippen LogP contribution in [0.4, 0.5) is 0 Å². The lowest BCUT2D eigenvalue weighted by Gasteiger charge is -1.57. The lowest BCUT2D eigenvalue weighted by molar-refractivity contribution is 0.622. The maximum Gasteiger partial charge on any atom is 0.161 e. The van der Waals surface area contributed by atoms with Gasteiger partial charge in [0.25, 0.3) is 0 Å². The second kappa shape index (κ2) is 2.90. The highest BCUT2D eigenvalue weighted by Gasteiger charge is 1.61. The fourth-order valence-electron chi connectivity index (χ4n) is 0.122. The summed E-state index contributed by atoms with van der Waals surface area (Å²) < 4.78 is 19.1. The minimum absolute atomic E-state index is 1.12. The zero-order chi connectivity index (χ0) is 4.99. The predicted molar refractivity (Wildman–Crippen MR) is 25.1 cm³/mol. The predicted octanol–water partition coefficient (Wildman–Crippen LogP) is 0.131. The van der Waals surface area contributed by atoms with Crippen molar-refractivity contribution in [3.05, 3.63) is 11.5 Å². The molecule has 2 nitrogen and oxygen atoms in total. The number of hydrogen-bond acceptors (Lipinski definition) is 2. The van der Waals surface area contributed by atoms with Gasteiger partial charge in [0.05, 0.1) is 0 Å². The summed E-state index contributed by atoms with van der Waals surface area (Å²) in [5.41, 5.74) is 0. The van der Waals surface area contributed by atoms with Crippen molar-refractivity contribution >= 4 is 10.7 Å². The van der Waals surface area contributed by atoms with Gasteiger partial charge in [0.1, 0.15) is 0 Å². The first-order chi connectivity index (χ1) is 2.77. The topological polar surface area (TPSA) is 34.1 Å². The van der Waals surface area contributed by atoms with Crippen molar-refractivity contribution in [2.45, 2.75) is 6.92 Å². The standard InChI is InChI=1S/C3H6O2S/c1-2-3-6(4)5/h2-3,6H,1H3/b3-2-. The van der Waals surface area contributed by atoms with E-state index < -0.39 is 10.7 Å². The largest absolute Gasteiger partial charge is 0.227 e. The molecular weight excluding hydrogens is 100 g/mol. The molecule has 0 unspecified atom stereocenters. The Morgan fingerprint density at radius 1 is 1.50 bits per heavy atom. The number of hydrogen-bond donors (Lipinski definition) is 1. The van der Waals surface area contributed by atoms with Gasteiger partial charge in [-0.15, -0.1) is 0 Å². The first kappa shape index (κ1) is 5.69. The van der Waals surface area contributed by atoms with Crippen LogP contribution in [0.3, 0.4) is 0 Å². The van der Waals surface area contributed by atoms with Crippen LogP contribution in [0.1, 0.15) is 6.92 Å². The van der Waals surface area contributed by atoms with Crippen molar-refractivity contribution in [2.24, 2.45) is 0 Å². The SMILES string of the molecule is C/C=C\[SH](=O)=O. The Balaban J connectivity index is 3.62. The van der Waals surface area contributed by atoms with Crippen LogP contribution in [-0.2, 0) is 10.7 Å². The van der Waals surface area contributed by atoms with Crippen molar-refractivity contribution in [1.29, 1.82) is 0 Å². The zero-order valence-electron chi connectivity index (χ0n) is 3.42. The van der Waals surface area contributed by atoms with Crippen LogP contribution in [0, 0.1) is 0 Å². The molecule has 3 heteroatoms. The molecule has 0 N–H and O–H groups in total. The minimum Gasteiger partial charge on any atom is -0.227 e. The van der Waals surface area contributed by atoms with E-state index in [2.05, 4.69) is 0 Å². The summed E-state index contributed by atoms with van der Waals surface area (Å²) in [6, 6.07) is 0. The molecular formula is C3H6O2S. The highest BCUT2D eigenvalue weighted by Crippen LogP contribution is 1.64. The van der Waals surface area contributed by atoms with Gasteiger partial charge in [0.15, 0.2) is 10.7 Å². The second-order valence-electron chi connectivity index (χ2n) is 0.768. The summed E-state index contributed by atoms with van der Waals surface area (Å²) in [6.45, 7) is 1.66. The third-order valence-electron chi connectivity index (χ3n) is 0.271. The van der Waals surface area contributed by atoms with E-state index in [1.54, 1.807) is 6.92 Å². The van der Waals surface area contributed by atoms with Crippen LogP contribution in [0.15, 0.2) is 11.5 Å². The van der Waals surface area contributed by atoms with Gasteiger partial charge in [-0.05, 0) is 6.92 Å². The highest BCUT2D eigenvalue weighted by atomic mass is 32.2. The zero-order valence-corrected chi connectivity index (χ0v) is 4.31. The van der Waals surface area contributed by atoms with E-state index in [1.165, 1.54) is 6.08 Å². The normalized spacial score (nSPS) is 11.0. The molecule has 36 valence electrons. The van der Waals surface area contributed by atoms with Crippen LogP contribution in [0.5, 0.6) is 0 Å². The molecule has 0 aliphatic carbocycles. The van der Waals surface area contributed by atoms with Crippen molar-refractivity contribution in [3.63, 3.8) is 0 Å². The van der Waals surface area contributed by atoms with Gasteiger partial charge < -0.3 is 0 Å². The maximum absolute atomic E-state index is 9.55. The van der Waals surface area contributed by atoms with Gasteiger partial charge in [0, 0.05) is 5.41 Å². The van der Waals surface area contributed by atoms with Crippen molar-refractivity contribution in [1.82, 2.24) is 0 Å². The smallest absolute Gasteiger partial charge is 0.161 e. The van der Waals surface area contributed by atoms with Gasteiger partial charge in [0.2, 0.25) is 0 Å². The van der Waals surface area contributed by atoms with E-state index in [4.69, 9.17) is 0 Å². The molecule has 0 aliphatic rings. The van der Waals surface area contributed by atoms with Crippen LogP contribution in [-0.4, -0.2) is 8.42 Å². The molecule has 0 aromatic carbocycles. The third-order valence-corrected chi connectivity index (χ3v) is 0.812. The van der Waals surface area contributed by atoms with E-state index in [0.717, 1.165) is 5.41 Å². The summed E-state index contributed by atoms with van der Waals surface area (Å²) in [6.07, 6.45) is 1.48. The molecule has 0 atom stereocenters. The number of rotatable bonds is 1. The molecule has 0 aliphatic heterocycles. The van der Waals surface area contributed by atoms with Gasteiger partial charge in [-0.3, -0.25) is 0 Å². The van der Waals surface area contributed by atoms with Crippen LogP contribution in [0.25, 0.3) is 0 Å². The van der Waals surface area contributed by atoms with E-state index >= 15 is 0 Å². The molecule has 0 aromatic rings. The Hall–Kier alpha value is -0.310. The monoisotopic (exact) mass is 106 g/mol. The lowest BCUT2D eigenvalue weighted by Crippen LogP contribution is -1.58. The Bertz CT molecular complexity index is 104. The van der Waals surface area contributed by atoms with Crippen LogP contribution < -0.4 is 0 Å². The van der Waals surface area contributed by atoms with Crippen LogP contribution >= 0.6 is 0 Å². The molecule has 0 saturated carbocycles. The Labute approximate surface area is 38.4 Å². The van der Waals surface area contributed by atoms with E-state index in [0.29, 0.717) is 0 Å². The Kier molecular flexibility index (Phi) is 2.75. The Morgan fingerprint density at radius 3 is 2.00 bits per heavy atom. The first-order valence-corrected chi connectivity index (χ1v) is 2.78. The fraction of sp³-hybridized carbons (Fsp3) is 0.333. The van der Waals surface area contributed by atoms with Crippen molar-refractivity contribution < 1.29 is 8.42 Å². The van der Waals surface area contributed by atoms with Crippen LogP contribution in [0.2, 0.25) is 0 Å². The molecule has 0 bridgehead atoms. The molecule has 6 heavy (non-hydrogen) atoms. The average molecular weight is 106 g/mol. The van der Waals surface area contributed by atoms with E-state index in [1.807, 2.05) is 0 Å². The third kappa shape index (κ3) is 3.69. The molecule has 0 rings (SSSR count). The van der Waals surface area contributed by atoms with Crippen molar-refractivity contribution in [3.8, 4) is 0 Å². The molecule has 0 spiro atoms. The molecule has 0 heterocycles. The quantitative estimate of drug-likeness (QED) is 0.482. The van der Waals surface area contributed by atoms with Gasteiger partial charge in [-0.2, -0.15) is 0 Å². The summed E-state index contributed by atoms with van der Waals surface area (Å²) >= 11 is 0. The summed E-state index contributed by atoms with van der Waals surface area (Å²) in [5, 5.41) is 1.12. The van der Waals surface area contributed by atoms with Gasteiger partial charge >= 0.3 is 0 Å². The molecule has 0 amide bonds. The lowest BCUT2D eigenvalue weighted by atomic mass is 10.8. The van der Waals surface area contributed by atoms with E-state index in [9.17, 15) is 8.42 Å². The average Bonchev–Trinajstić information content (AvgIpc) is 1.35. The van der Waals surface area contributed by atoms with E-state index in [-0.39, 0.29) is 0 Å². The summed E-state index contributed by atoms with van der Waals surface area (Å²) in [7, 11) is -2.28. The fourth-order valence-corrected chi connectivity index (χ4v) is 0.365. The Morgan fingerprint density at radius 2 is 2.00 bits per heavy atom. The summed E-state index contributed by atoms with van der Waals surface area (Å²) in [5.74, 6) is 0. The number of thiol groups is 1. The maximum atomic E-state index is 9.55. The molecule has 0 radical (unpaired) electrons. The molecule has 0 saturated heterocycles. The highest BCUT2D eigenvalue weighted by molar-refractivity contribution is 7.75. The molecule has 0 aromatic heterocycles. The minimum atomic E-state index is -2.28. The summed E-state index contributed by atoms with van der Waals surface area (Å²) in [4.78, 5) is 0. The van der Waals surface area contributed by atoms with Gasteiger partial charge in [-0.1, -0.05) is 6.08 Å². The number of allylic oxidation sites excluding steroid dienone is 1. The first-order valence-electron chi connectivity index (χ1n) is 1.53. The van der Waals surface area contributed by atoms with Crippen molar-refractivity contribution in [2.75, 3.05) is 0 Å². The van der Waals surface area contributed by atoms with Gasteiger partial charge in [-0.25, -0.2) is 8.42 Å².